The molecule has 2 rings (SSSR count). The predicted octanol–water partition coefficient (Wildman–Crippen LogP) is 4.50. The molecule has 1 aliphatic rings. The minimum Gasteiger partial charge on any atom is -0.497 e. The van der Waals surface area contributed by atoms with Crippen molar-refractivity contribution in [2.75, 3.05) is 20.5 Å². The van der Waals surface area contributed by atoms with Gasteiger partial charge in [-0.1, -0.05) is 12.6 Å². The molecule has 0 saturated carbocycles. The van der Waals surface area contributed by atoms with Gasteiger partial charge in [0.1, 0.15) is 24.1 Å². The second-order valence-corrected chi connectivity index (χ2v) is 8.20. The standard InChI is InChI=1S/C24H35BO6/c1-9-20(12-11-18(3)26-8)29-21-13-14-22(19(15-21)16-28-17-27-10-2)25-30-23(4,5)24(6,7)31-25/h9,11-15H,3,10,16-17H2,1-2,4-8H3/b12-11-,20-9+. The quantitative estimate of drug-likeness (QED) is 0.170. The molecule has 0 amide bonds. The van der Waals surface area contributed by atoms with E-state index in [0.717, 1.165) is 11.0 Å². The van der Waals surface area contributed by atoms with Gasteiger partial charge in [0, 0.05) is 6.61 Å². The highest BCUT2D eigenvalue weighted by Gasteiger charge is 2.52. The second kappa shape index (κ2) is 11.0. The number of ether oxygens (including phenoxy) is 4. The molecular formula is C24H35BO6. The van der Waals surface area contributed by atoms with Crippen LogP contribution >= 0.6 is 0 Å². The summed E-state index contributed by atoms with van der Waals surface area (Å²) < 4.78 is 34.6. The van der Waals surface area contributed by atoms with E-state index in [9.17, 15) is 0 Å². The molecule has 7 heteroatoms. The Balaban J connectivity index is 2.26. The maximum Gasteiger partial charge on any atom is 0.495 e. The lowest BCUT2D eigenvalue weighted by Gasteiger charge is -2.32. The van der Waals surface area contributed by atoms with Crippen LogP contribution in [0.5, 0.6) is 5.75 Å². The van der Waals surface area contributed by atoms with Gasteiger partial charge in [0.25, 0.3) is 0 Å². The van der Waals surface area contributed by atoms with Gasteiger partial charge in [0.2, 0.25) is 0 Å². The molecule has 0 atom stereocenters. The third kappa shape index (κ3) is 6.71. The van der Waals surface area contributed by atoms with Crippen molar-refractivity contribution < 1.29 is 28.3 Å². The van der Waals surface area contributed by atoms with E-state index in [-0.39, 0.29) is 6.79 Å². The molecular weight excluding hydrogens is 395 g/mol. The first-order chi connectivity index (χ1) is 14.6. The number of rotatable bonds is 11. The van der Waals surface area contributed by atoms with Crippen molar-refractivity contribution in [3.05, 3.63) is 60.1 Å². The van der Waals surface area contributed by atoms with Crippen molar-refractivity contribution in [3.63, 3.8) is 0 Å². The Morgan fingerprint density at radius 1 is 1.10 bits per heavy atom. The third-order valence-corrected chi connectivity index (χ3v) is 5.47. The summed E-state index contributed by atoms with van der Waals surface area (Å²) in [4.78, 5) is 0. The smallest absolute Gasteiger partial charge is 0.495 e. The number of methoxy groups -OCH3 is 1. The minimum absolute atomic E-state index is 0.215. The molecule has 31 heavy (non-hydrogen) atoms. The van der Waals surface area contributed by atoms with Crippen LogP contribution in [0.4, 0.5) is 0 Å². The van der Waals surface area contributed by atoms with Crippen LogP contribution in [-0.4, -0.2) is 38.8 Å². The molecule has 0 radical (unpaired) electrons. The predicted molar refractivity (Wildman–Crippen MR) is 123 cm³/mol. The van der Waals surface area contributed by atoms with Crippen molar-refractivity contribution in [2.24, 2.45) is 0 Å². The van der Waals surface area contributed by atoms with Gasteiger partial charge in [-0.3, -0.25) is 0 Å². The van der Waals surface area contributed by atoms with Crippen molar-refractivity contribution in [1.29, 1.82) is 0 Å². The molecule has 1 fully saturated rings. The SMILES string of the molecule is C=C(/C=C\C(=C/C)Oc1ccc(B2OC(C)(C)C(C)(C)O2)c(COCOCC)c1)OC. The molecule has 1 aliphatic heterocycles. The maximum absolute atomic E-state index is 6.24. The Labute approximate surface area is 186 Å². The second-order valence-electron chi connectivity index (χ2n) is 8.20. The highest BCUT2D eigenvalue weighted by Crippen LogP contribution is 2.37. The third-order valence-electron chi connectivity index (χ3n) is 5.47. The van der Waals surface area contributed by atoms with Gasteiger partial charge in [-0.2, -0.15) is 0 Å². The van der Waals surface area contributed by atoms with Crippen molar-refractivity contribution in [1.82, 2.24) is 0 Å². The number of hydrogen-bond acceptors (Lipinski definition) is 6. The molecule has 0 unspecified atom stereocenters. The fourth-order valence-corrected chi connectivity index (χ4v) is 2.83. The molecule has 0 N–H and O–H groups in total. The Kier molecular flexibility index (Phi) is 8.95. The van der Waals surface area contributed by atoms with E-state index in [0.29, 0.717) is 30.5 Å². The number of allylic oxidation sites excluding steroid dienone is 3. The summed E-state index contributed by atoms with van der Waals surface area (Å²) in [6.45, 7) is 16.9. The Hall–Kier alpha value is -2.06. The van der Waals surface area contributed by atoms with E-state index in [2.05, 4.69) is 6.58 Å². The fourth-order valence-electron chi connectivity index (χ4n) is 2.83. The van der Waals surface area contributed by atoms with Crippen LogP contribution in [0.1, 0.15) is 47.1 Å². The molecule has 0 spiro atoms. The molecule has 0 bridgehead atoms. The summed E-state index contributed by atoms with van der Waals surface area (Å²) in [6, 6.07) is 5.80. The van der Waals surface area contributed by atoms with Crippen LogP contribution < -0.4 is 10.2 Å². The summed E-state index contributed by atoms with van der Waals surface area (Å²) in [5.74, 6) is 1.89. The van der Waals surface area contributed by atoms with Crippen LogP contribution in [0, 0.1) is 0 Å². The minimum atomic E-state index is -0.490. The molecule has 6 nitrogen and oxygen atoms in total. The Bertz CT molecular complexity index is 796. The fraction of sp³-hybridized carbons (Fsp3) is 0.500. The lowest BCUT2D eigenvalue weighted by Crippen LogP contribution is -2.41. The first-order valence-electron chi connectivity index (χ1n) is 10.5. The zero-order valence-corrected chi connectivity index (χ0v) is 19.8. The zero-order valence-electron chi connectivity index (χ0n) is 19.8. The van der Waals surface area contributed by atoms with Crippen LogP contribution in [0.15, 0.2) is 54.5 Å². The average molecular weight is 430 g/mol. The van der Waals surface area contributed by atoms with Crippen LogP contribution in [0.2, 0.25) is 0 Å². The summed E-state index contributed by atoms with van der Waals surface area (Å²) in [7, 11) is 1.09. The van der Waals surface area contributed by atoms with Crippen LogP contribution in [0.25, 0.3) is 0 Å². The number of benzene rings is 1. The van der Waals surface area contributed by atoms with E-state index in [1.165, 1.54) is 0 Å². The lowest BCUT2D eigenvalue weighted by atomic mass is 9.76. The highest BCUT2D eigenvalue weighted by atomic mass is 16.7. The van der Waals surface area contributed by atoms with E-state index >= 15 is 0 Å². The van der Waals surface area contributed by atoms with Gasteiger partial charge >= 0.3 is 7.12 Å². The topological polar surface area (TPSA) is 55.4 Å². The van der Waals surface area contributed by atoms with Gasteiger partial charge in [-0.05, 0) is 82.9 Å². The lowest BCUT2D eigenvalue weighted by molar-refractivity contribution is -0.0570. The van der Waals surface area contributed by atoms with E-state index < -0.39 is 18.3 Å². The average Bonchev–Trinajstić information content (AvgIpc) is 2.95. The van der Waals surface area contributed by atoms with Gasteiger partial charge < -0.3 is 28.3 Å². The molecule has 1 aromatic carbocycles. The molecule has 1 heterocycles. The van der Waals surface area contributed by atoms with Gasteiger partial charge in [0.05, 0.1) is 24.9 Å². The molecule has 1 saturated heterocycles. The van der Waals surface area contributed by atoms with Crippen molar-refractivity contribution in [2.45, 2.75) is 59.4 Å². The summed E-state index contributed by atoms with van der Waals surface area (Å²) in [5, 5.41) is 0. The first kappa shape index (κ1) is 25.2. The number of hydrogen-bond donors (Lipinski definition) is 0. The summed E-state index contributed by atoms with van der Waals surface area (Å²) in [5.41, 5.74) is 0.968. The molecule has 1 aromatic rings. The monoisotopic (exact) mass is 430 g/mol. The molecule has 0 aliphatic carbocycles. The largest absolute Gasteiger partial charge is 0.497 e. The first-order valence-corrected chi connectivity index (χ1v) is 10.5. The van der Waals surface area contributed by atoms with E-state index in [4.69, 9.17) is 28.3 Å². The maximum atomic E-state index is 6.24. The van der Waals surface area contributed by atoms with Crippen LogP contribution in [0.3, 0.4) is 0 Å². The van der Waals surface area contributed by atoms with Gasteiger partial charge in [-0.25, -0.2) is 0 Å². The van der Waals surface area contributed by atoms with E-state index in [1.807, 2.05) is 65.8 Å². The van der Waals surface area contributed by atoms with Gasteiger partial charge in [0.15, 0.2) is 0 Å². The molecule has 170 valence electrons. The Morgan fingerprint density at radius 3 is 2.35 bits per heavy atom. The summed E-state index contributed by atoms with van der Waals surface area (Å²) in [6.07, 6.45) is 5.42. The van der Waals surface area contributed by atoms with Gasteiger partial charge in [-0.15, -0.1) is 0 Å². The molecule has 0 aromatic heterocycles. The Morgan fingerprint density at radius 2 is 1.77 bits per heavy atom. The zero-order chi connectivity index (χ0) is 23.1. The van der Waals surface area contributed by atoms with Crippen LogP contribution in [-0.2, 0) is 30.1 Å². The van der Waals surface area contributed by atoms with Crippen molar-refractivity contribution in [3.8, 4) is 5.75 Å². The highest BCUT2D eigenvalue weighted by molar-refractivity contribution is 6.62. The van der Waals surface area contributed by atoms with Crippen molar-refractivity contribution >= 4 is 12.6 Å². The normalized spacial score (nSPS) is 17.9. The summed E-state index contributed by atoms with van der Waals surface area (Å²) >= 11 is 0. The van der Waals surface area contributed by atoms with E-state index in [1.54, 1.807) is 19.3 Å².